The van der Waals surface area contributed by atoms with Crippen molar-refractivity contribution >= 4 is 17.9 Å². The van der Waals surface area contributed by atoms with Gasteiger partial charge in [0.05, 0.1) is 19.0 Å². The van der Waals surface area contributed by atoms with E-state index in [1.165, 1.54) is 6.92 Å². The smallest absolute Gasteiger partial charge is 0.224 e. The number of carbonyl (C=O) groups is 2. The zero-order valence-corrected chi connectivity index (χ0v) is 15.7. The summed E-state index contributed by atoms with van der Waals surface area (Å²) < 4.78 is 5.66. The van der Waals surface area contributed by atoms with Gasteiger partial charge in [-0.05, 0) is 29.3 Å². The molecule has 0 bridgehead atoms. The molecule has 0 aliphatic carbocycles. The molecule has 0 spiro atoms. The number of para-hydroxylation sites is 1. The molecule has 3 rings (SSSR count). The highest BCUT2D eigenvalue weighted by molar-refractivity contribution is 5.81. The van der Waals surface area contributed by atoms with Crippen LogP contribution in [0.5, 0.6) is 5.75 Å². The van der Waals surface area contributed by atoms with Gasteiger partial charge in [-0.25, -0.2) is 0 Å². The lowest BCUT2D eigenvalue weighted by Gasteiger charge is -2.33. The minimum Gasteiger partial charge on any atom is -0.492 e. The van der Waals surface area contributed by atoms with E-state index in [0.29, 0.717) is 13.2 Å². The molecule has 0 aromatic heterocycles. The van der Waals surface area contributed by atoms with Crippen LogP contribution < -0.4 is 4.74 Å². The van der Waals surface area contributed by atoms with Crippen LogP contribution in [0.25, 0.3) is 6.08 Å². The Morgan fingerprint density at radius 1 is 1.07 bits per heavy atom. The SMILES string of the molecule is CC(=O)N1C=Cc2ccccc2[C@@H]1CC(=O)N(C)CCOc1ccccc1. The Balaban J connectivity index is 1.62. The maximum atomic E-state index is 12.7. The minimum atomic E-state index is -0.284. The fourth-order valence-corrected chi connectivity index (χ4v) is 3.18. The van der Waals surface area contributed by atoms with Gasteiger partial charge in [0.25, 0.3) is 0 Å². The van der Waals surface area contributed by atoms with Crippen molar-refractivity contribution in [1.82, 2.24) is 9.80 Å². The molecule has 140 valence electrons. The van der Waals surface area contributed by atoms with Crippen LogP contribution in [0.2, 0.25) is 0 Å². The zero-order chi connectivity index (χ0) is 19.2. The van der Waals surface area contributed by atoms with Crippen molar-refractivity contribution in [1.29, 1.82) is 0 Å². The molecular weight excluding hydrogens is 340 g/mol. The number of carbonyl (C=O) groups excluding carboxylic acids is 2. The molecule has 5 heteroatoms. The van der Waals surface area contributed by atoms with E-state index in [1.54, 1.807) is 23.0 Å². The summed E-state index contributed by atoms with van der Waals surface area (Å²) in [6.45, 7) is 2.43. The molecule has 0 saturated carbocycles. The van der Waals surface area contributed by atoms with Crippen LogP contribution in [0.3, 0.4) is 0 Å². The Morgan fingerprint density at radius 3 is 2.52 bits per heavy atom. The summed E-state index contributed by atoms with van der Waals surface area (Å²) in [6, 6.07) is 17.1. The molecule has 27 heavy (non-hydrogen) atoms. The summed E-state index contributed by atoms with van der Waals surface area (Å²) in [5.41, 5.74) is 2.04. The lowest BCUT2D eigenvalue weighted by molar-refractivity contribution is -0.134. The van der Waals surface area contributed by atoms with E-state index >= 15 is 0 Å². The van der Waals surface area contributed by atoms with Crippen LogP contribution >= 0.6 is 0 Å². The fraction of sp³-hybridized carbons (Fsp3) is 0.273. The normalized spacial score (nSPS) is 15.2. The van der Waals surface area contributed by atoms with Crippen molar-refractivity contribution in [2.75, 3.05) is 20.2 Å². The van der Waals surface area contributed by atoms with Gasteiger partial charge in [-0.3, -0.25) is 9.59 Å². The first-order valence-corrected chi connectivity index (χ1v) is 9.04. The zero-order valence-electron chi connectivity index (χ0n) is 15.7. The van der Waals surface area contributed by atoms with Gasteiger partial charge in [0.1, 0.15) is 12.4 Å². The van der Waals surface area contributed by atoms with Crippen LogP contribution in [0.1, 0.15) is 30.5 Å². The molecule has 5 nitrogen and oxygen atoms in total. The highest BCUT2D eigenvalue weighted by Gasteiger charge is 2.29. The van der Waals surface area contributed by atoms with Gasteiger partial charge >= 0.3 is 0 Å². The van der Waals surface area contributed by atoms with Gasteiger partial charge < -0.3 is 14.5 Å². The highest BCUT2D eigenvalue weighted by Crippen LogP contribution is 2.33. The summed E-state index contributed by atoms with van der Waals surface area (Å²) in [6.07, 6.45) is 3.92. The molecule has 1 aliphatic rings. The molecule has 2 aromatic carbocycles. The third-order valence-corrected chi connectivity index (χ3v) is 4.70. The number of nitrogens with zero attached hydrogens (tertiary/aromatic N) is 2. The number of amides is 2. The van der Waals surface area contributed by atoms with Gasteiger partial charge in [0.2, 0.25) is 11.8 Å². The van der Waals surface area contributed by atoms with E-state index in [-0.39, 0.29) is 24.3 Å². The van der Waals surface area contributed by atoms with Crippen molar-refractivity contribution in [3.63, 3.8) is 0 Å². The van der Waals surface area contributed by atoms with E-state index < -0.39 is 0 Å². The van der Waals surface area contributed by atoms with Crippen molar-refractivity contribution in [2.24, 2.45) is 0 Å². The second-order valence-corrected chi connectivity index (χ2v) is 6.57. The average Bonchev–Trinajstić information content (AvgIpc) is 2.68. The van der Waals surface area contributed by atoms with E-state index in [9.17, 15) is 9.59 Å². The highest BCUT2D eigenvalue weighted by atomic mass is 16.5. The number of likely N-dealkylation sites (N-methyl/N-ethyl adjacent to an activating group) is 1. The largest absolute Gasteiger partial charge is 0.492 e. The summed E-state index contributed by atoms with van der Waals surface area (Å²) in [4.78, 5) is 28.1. The van der Waals surface area contributed by atoms with Gasteiger partial charge in [-0.15, -0.1) is 0 Å². The van der Waals surface area contributed by atoms with Gasteiger partial charge in [-0.1, -0.05) is 42.5 Å². The van der Waals surface area contributed by atoms with E-state index in [0.717, 1.165) is 16.9 Å². The molecular formula is C22H24N2O3. The molecule has 0 saturated heterocycles. The summed E-state index contributed by atoms with van der Waals surface area (Å²) >= 11 is 0. The molecule has 0 fully saturated rings. The molecule has 2 aromatic rings. The van der Waals surface area contributed by atoms with Crippen molar-refractivity contribution in [2.45, 2.75) is 19.4 Å². The van der Waals surface area contributed by atoms with Crippen molar-refractivity contribution in [3.05, 3.63) is 71.9 Å². The van der Waals surface area contributed by atoms with E-state index in [1.807, 2.05) is 60.7 Å². The molecule has 1 heterocycles. The minimum absolute atomic E-state index is 0.0204. The molecule has 1 atom stereocenters. The first-order valence-electron chi connectivity index (χ1n) is 9.04. The standard InChI is InChI=1S/C22H24N2O3/c1-17(25)24-13-12-18-8-6-7-11-20(18)21(24)16-22(26)23(2)14-15-27-19-9-4-3-5-10-19/h3-13,21H,14-16H2,1-2H3/t21-/m0/s1. The molecule has 0 unspecified atom stereocenters. The Hall–Kier alpha value is -3.08. The fourth-order valence-electron chi connectivity index (χ4n) is 3.18. The van der Waals surface area contributed by atoms with Crippen molar-refractivity contribution in [3.8, 4) is 5.75 Å². The Bertz CT molecular complexity index is 832. The van der Waals surface area contributed by atoms with Crippen molar-refractivity contribution < 1.29 is 14.3 Å². The average molecular weight is 364 g/mol. The van der Waals surface area contributed by atoms with E-state index in [4.69, 9.17) is 4.74 Å². The quantitative estimate of drug-likeness (QED) is 0.788. The lowest BCUT2D eigenvalue weighted by Crippen LogP contribution is -2.37. The Kier molecular flexibility index (Phi) is 5.91. The number of fused-ring (bicyclic) bond motifs is 1. The third kappa shape index (κ3) is 4.56. The summed E-state index contributed by atoms with van der Waals surface area (Å²) in [5, 5.41) is 0. The molecule has 0 radical (unpaired) electrons. The van der Waals surface area contributed by atoms with Crippen LogP contribution in [-0.2, 0) is 9.59 Å². The number of ether oxygens (including phenoxy) is 1. The first kappa shape index (κ1) is 18.7. The Labute approximate surface area is 159 Å². The van der Waals surface area contributed by atoms with Gasteiger partial charge in [-0.2, -0.15) is 0 Å². The predicted molar refractivity (Wildman–Crippen MR) is 105 cm³/mol. The number of hydrogen-bond acceptors (Lipinski definition) is 3. The van der Waals surface area contributed by atoms with E-state index in [2.05, 4.69) is 0 Å². The molecule has 0 N–H and O–H groups in total. The van der Waals surface area contributed by atoms with Crippen LogP contribution in [-0.4, -0.2) is 41.8 Å². The topological polar surface area (TPSA) is 49.9 Å². The second-order valence-electron chi connectivity index (χ2n) is 6.57. The Morgan fingerprint density at radius 2 is 1.78 bits per heavy atom. The van der Waals surface area contributed by atoms with Crippen LogP contribution in [0.4, 0.5) is 0 Å². The molecule has 1 aliphatic heterocycles. The van der Waals surface area contributed by atoms with Crippen LogP contribution in [0, 0.1) is 0 Å². The summed E-state index contributed by atoms with van der Waals surface area (Å²) in [7, 11) is 1.76. The first-order chi connectivity index (χ1) is 13.1. The maximum absolute atomic E-state index is 12.7. The summed E-state index contributed by atoms with van der Waals surface area (Å²) in [5.74, 6) is 0.689. The molecule has 2 amide bonds. The van der Waals surface area contributed by atoms with Crippen LogP contribution in [0.15, 0.2) is 60.8 Å². The lowest BCUT2D eigenvalue weighted by atomic mass is 9.93. The maximum Gasteiger partial charge on any atom is 0.224 e. The van der Waals surface area contributed by atoms with Gasteiger partial charge in [0.15, 0.2) is 0 Å². The van der Waals surface area contributed by atoms with Gasteiger partial charge in [0, 0.05) is 20.2 Å². The number of hydrogen-bond donors (Lipinski definition) is 0. The second kappa shape index (κ2) is 8.54. The predicted octanol–water partition coefficient (Wildman–Crippen LogP) is 3.49. The third-order valence-electron chi connectivity index (χ3n) is 4.70. The number of rotatable bonds is 6. The number of benzene rings is 2. The monoisotopic (exact) mass is 364 g/mol.